The van der Waals surface area contributed by atoms with Crippen LogP contribution in [0.1, 0.15) is 5.56 Å². The van der Waals surface area contributed by atoms with Gasteiger partial charge < -0.3 is 5.32 Å². The number of aromatic nitrogens is 1. The number of para-hydroxylation sites is 1. The van der Waals surface area contributed by atoms with Crippen LogP contribution >= 0.6 is 0 Å². The number of pyridine rings is 1. The maximum Gasteiger partial charge on any atom is 0.300 e. The molecule has 0 aliphatic rings. The summed E-state index contributed by atoms with van der Waals surface area (Å²) in [5, 5.41) is 3.71. The molecule has 1 heterocycles. The molecule has 3 heteroatoms. The second-order valence-corrected chi connectivity index (χ2v) is 4.49. The molecule has 3 rings (SSSR count). The molecule has 100 valence electrons. The lowest BCUT2D eigenvalue weighted by Crippen LogP contribution is -2.08. The number of carbonyl (C=O) groups is 1. The van der Waals surface area contributed by atoms with Crippen molar-refractivity contribution in [1.82, 2.24) is 4.98 Å². The number of amides is 1. The normalized spacial score (nSPS) is 9.71. The number of anilines is 1. The third kappa shape index (κ3) is 3.26. The molecule has 0 unspecified atom stereocenters. The molecule has 0 spiro atoms. The molecule has 0 saturated heterocycles. The molecule has 3 aromatic rings. The molecule has 21 heavy (non-hydrogen) atoms. The number of benzene rings is 2. The molecule has 1 aromatic heterocycles. The first-order chi connectivity index (χ1) is 10.3. The van der Waals surface area contributed by atoms with Crippen LogP contribution in [0.2, 0.25) is 0 Å². The molecule has 0 bridgehead atoms. The minimum Gasteiger partial charge on any atom is -0.314 e. The Hall–Kier alpha value is -3.12. The van der Waals surface area contributed by atoms with Crippen molar-refractivity contribution in [3.8, 4) is 11.8 Å². The van der Waals surface area contributed by atoms with Crippen LogP contribution in [-0.2, 0) is 4.79 Å². The molecule has 0 saturated carbocycles. The van der Waals surface area contributed by atoms with Crippen molar-refractivity contribution < 1.29 is 4.79 Å². The van der Waals surface area contributed by atoms with Gasteiger partial charge in [-0.3, -0.25) is 9.78 Å². The van der Waals surface area contributed by atoms with E-state index in [2.05, 4.69) is 22.1 Å². The Bertz CT molecular complexity index is 845. The van der Waals surface area contributed by atoms with Gasteiger partial charge in [0.15, 0.2) is 0 Å². The van der Waals surface area contributed by atoms with E-state index in [0.717, 1.165) is 16.5 Å². The Morgan fingerprint density at radius 2 is 1.76 bits per heavy atom. The van der Waals surface area contributed by atoms with Crippen LogP contribution in [0.15, 0.2) is 66.9 Å². The van der Waals surface area contributed by atoms with Gasteiger partial charge in [0.1, 0.15) is 0 Å². The first kappa shape index (κ1) is 12.9. The summed E-state index contributed by atoms with van der Waals surface area (Å²) in [6.45, 7) is 0. The average Bonchev–Trinajstić information content (AvgIpc) is 2.54. The number of rotatable bonds is 1. The van der Waals surface area contributed by atoms with Crippen molar-refractivity contribution in [2.24, 2.45) is 0 Å². The fraction of sp³-hybridized carbons (Fsp3) is 0. The Labute approximate surface area is 122 Å². The summed E-state index contributed by atoms with van der Waals surface area (Å²) in [6.07, 6.45) is 1.63. The van der Waals surface area contributed by atoms with E-state index in [-0.39, 0.29) is 5.91 Å². The first-order valence-electron chi connectivity index (χ1n) is 6.54. The van der Waals surface area contributed by atoms with E-state index in [0.29, 0.717) is 5.69 Å². The lowest BCUT2D eigenvalue weighted by Gasteiger charge is -2.02. The number of nitrogens with zero attached hydrogens (tertiary/aromatic N) is 1. The maximum absolute atomic E-state index is 11.8. The van der Waals surface area contributed by atoms with Crippen LogP contribution in [-0.4, -0.2) is 10.9 Å². The number of nitrogens with one attached hydrogen (secondary N) is 1. The molecule has 0 aliphatic carbocycles. The third-order valence-corrected chi connectivity index (χ3v) is 2.94. The summed E-state index contributed by atoms with van der Waals surface area (Å²) in [5.41, 5.74) is 2.34. The van der Waals surface area contributed by atoms with Gasteiger partial charge in [0, 0.05) is 16.9 Å². The highest BCUT2D eigenvalue weighted by Gasteiger charge is 2.00. The van der Waals surface area contributed by atoms with Gasteiger partial charge in [0.2, 0.25) is 0 Å². The van der Waals surface area contributed by atoms with Gasteiger partial charge in [-0.15, -0.1) is 0 Å². The molecule has 2 aromatic carbocycles. The van der Waals surface area contributed by atoms with Gasteiger partial charge in [-0.1, -0.05) is 42.3 Å². The van der Waals surface area contributed by atoms with E-state index in [4.69, 9.17) is 0 Å². The zero-order valence-electron chi connectivity index (χ0n) is 11.2. The molecule has 3 nitrogen and oxygen atoms in total. The highest BCUT2D eigenvalue weighted by molar-refractivity contribution is 6.04. The lowest BCUT2D eigenvalue weighted by molar-refractivity contribution is -0.111. The predicted octanol–water partition coefficient (Wildman–Crippen LogP) is 3.23. The van der Waals surface area contributed by atoms with Gasteiger partial charge in [0.25, 0.3) is 0 Å². The molecule has 1 amide bonds. The van der Waals surface area contributed by atoms with E-state index in [1.807, 2.05) is 60.7 Å². The van der Waals surface area contributed by atoms with Crippen LogP contribution in [0.25, 0.3) is 10.9 Å². The second kappa shape index (κ2) is 5.89. The lowest BCUT2D eigenvalue weighted by atomic mass is 10.2. The van der Waals surface area contributed by atoms with Gasteiger partial charge in [-0.05, 0) is 24.3 Å². The zero-order valence-corrected chi connectivity index (χ0v) is 11.2. The Kier molecular flexibility index (Phi) is 3.62. The SMILES string of the molecule is O=C(C#Cc1ccccc1)Nc1cnc2ccccc2c1. The summed E-state index contributed by atoms with van der Waals surface area (Å²) < 4.78 is 0. The van der Waals surface area contributed by atoms with Crippen molar-refractivity contribution in [3.05, 3.63) is 72.4 Å². The summed E-state index contributed by atoms with van der Waals surface area (Å²) in [6, 6.07) is 19.0. The van der Waals surface area contributed by atoms with Crippen molar-refractivity contribution in [2.75, 3.05) is 5.32 Å². The largest absolute Gasteiger partial charge is 0.314 e. The van der Waals surface area contributed by atoms with Crippen LogP contribution in [0, 0.1) is 11.8 Å². The van der Waals surface area contributed by atoms with E-state index in [9.17, 15) is 4.79 Å². The van der Waals surface area contributed by atoms with Gasteiger partial charge in [-0.25, -0.2) is 0 Å². The van der Waals surface area contributed by atoms with E-state index < -0.39 is 0 Å². The van der Waals surface area contributed by atoms with Gasteiger partial charge in [-0.2, -0.15) is 0 Å². The Balaban J connectivity index is 1.76. The van der Waals surface area contributed by atoms with Crippen LogP contribution in [0.4, 0.5) is 5.69 Å². The topological polar surface area (TPSA) is 42.0 Å². The van der Waals surface area contributed by atoms with Gasteiger partial charge >= 0.3 is 5.91 Å². The number of carbonyl (C=O) groups excluding carboxylic acids is 1. The molecule has 1 N–H and O–H groups in total. The molecular formula is C18H12N2O. The third-order valence-electron chi connectivity index (χ3n) is 2.94. The van der Waals surface area contributed by atoms with Crippen molar-refractivity contribution in [1.29, 1.82) is 0 Å². The van der Waals surface area contributed by atoms with Crippen LogP contribution in [0.5, 0.6) is 0 Å². The second-order valence-electron chi connectivity index (χ2n) is 4.49. The highest BCUT2D eigenvalue weighted by Crippen LogP contribution is 2.15. The number of fused-ring (bicyclic) bond motifs is 1. The fourth-order valence-corrected chi connectivity index (χ4v) is 1.95. The highest BCUT2D eigenvalue weighted by atomic mass is 16.1. The molecule has 0 fully saturated rings. The van der Waals surface area contributed by atoms with Gasteiger partial charge in [0.05, 0.1) is 17.4 Å². The summed E-state index contributed by atoms with van der Waals surface area (Å²) >= 11 is 0. The minimum absolute atomic E-state index is 0.351. The molecule has 0 atom stereocenters. The van der Waals surface area contributed by atoms with E-state index in [1.165, 1.54) is 0 Å². The molecule has 0 radical (unpaired) electrons. The zero-order chi connectivity index (χ0) is 14.5. The summed E-state index contributed by atoms with van der Waals surface area (Å²) in [7, 11) is 0. The monoisotopic (exact) mass is 272 g/mol. The Morgan fingerprint density at radius 1 is 1.00 bits per heavy atom. The summed E-state index contributed by atoms with van der Waals surface area (Å²) in [4.78, 5) is 16.1. The first-order valence-corrected chi connectivity index (χ1v) is 6.54. The van der Waals surface area contributed by atoms with E-state index >= 15 is 0 Å². The average molecular weight is 272 g/mol. The fourth-order valence-electron chi connectivity index (χ4n) is 1.95. The van der Waals surface area contributed by atoms with E-state index in [1.54, 1.807) is 6.20 Å². The predicted molar refractivity (Wildman–Crippen MR) is 83.7 cm³/mol. The molecular weight excluding hydrogens is 260 g/mol. The van der Waals surface area contributed by atoms with Crippen LogP contribution in [0.3, 0.4) is 0 Å². The number of hydrogen-bond acceptors (Lipinski definition) is 2. The molecule has 0 aliphatic heterocycles. The quantitative estimate of drug-likeness (QED) is 0.691. The van der Waals surface area contributed by atoms with Crippen molar-refractivity contribution >= 4 is 22.5 Å². The number of hydrogen-bond donors (Lipinski definition) is 1. The standard InChI is InChI=1S/C18H12N2O/c21-18(11-10-14-6-2-1-3-7-14)20-16-12-15-8-4-5-9-17(15)19-13-16/h1-9,12-13H,(H,20,21). The minimum atomic E-state index is -0.351. The smallest absolute Gasteiger partial charge is 0.300 e. The maximum atomic E-state index is 11.8. The van der Waals surface area contributed by atoms with Crippen molar-refractivity contribution in [2.45, 2.75) is 0 Å². The Morgan fingerprint density at radius 3 is 2.62 bits per heavy atom. The van der Waals surface area contributed by atoms with Crippen molar-refractivity contribution in [3.63, 3.8) is 0 Å². The van der Waals surface area contributed by atoms with Crippen LogP contribution < -0.4 is 5.32 Å². The summed E-state index contributed by atoms with van der Waals surface area (Å²) in [5.74, 6) is 5.04.